The highest BCUT2D eigenvalue weighted by Crippen LogP contribution is 2.31. The van der Waals surface area contributed by atoms with Gasteiger partial charge >= 0.3 is 0 Å². The first-order valence-electron chi connectivity index (χ1n) is 5.58. The van der Waals surface area contributed by atoms with Gasteiger partial charge in [0.25, 0.3) is 5.56 Å². The van der Waals surface area contributed by atoms with E-state index in [1.165, 1.54) is 0 Å². The highest BCUT2D eigenvalue weighted by atomic mass is 16.1. The topological polar surface area (TPSA) is 71.8 Å². The van der Waals surface area contributed by atoms with Crippen LogP contribution < -0.4 is 11.3 Å². The molecule has 0 unspecified atom stereocenters. The molecule has 84 valence electrons. The predicted molar refractivity (Wildman–Crippen MR) is 61.7 cm³/mol. The van der Waals surface area contributed by atoms with Crippen molar-refractivity contribution in [2.75, 3.05) is 5.73 Å². The normalized spacial score (nSPS) is 24.9. The van der Waals surface area contributed by atoms with Crippen molar-refractivity contribution < 1.29 is 0 Å². The van der Waals surface area contributed by atoms with Crippen LogP contribution in [0.4, 0.5) is 5.69 Å². The fourth-order valence-electron chi connectivity index (χ4n) is 2.35. The summed E-state index contributed by atoms with van der Waals surface area (Å²) in [7, 11) is 0. The molecule has 0 spiro atoms. The van der Waals surface area contributed by atoms with E-state index in [4.69, 9.17) is 11.0 Å². The number of nitrogens with zero attached hydrogens (tertiary/aromatic N) is 2. The van der Waals surface area contributed by atoms with Crippen LogP contribution >= 0.6 is 0 Å². The number of nitrogen functional groups attached to an aromatic ring is 1. The second kappa shape index (κ2) is 4.40. The average Bonchev–Trinajstić information content (AvgIpc) is 2.33. The fraction of sp³-hybridized carbons (Fsp3) is 0.500. The number of pyridine rings is 1. The molecule has 2 atom stereocenters. The van der Waals surface area contributed by atoms with Crippen LogP contribution in [0.1, 0.15) is 31.7 Å². The highest BCUT2D eigenvalue weighted by molar-refractivity contribution is 5.33. The second-order valence-corrected chi connectivity index (χ2v) is 4.32. The van der Waals surface area contributed by atoms with Gasteiger partial charge in [-0.1, -0.05) is 6.42 Å². The molecule has 0 radical (unpaired) electrons. The Morgan fingerprint density at radius 1 is 1.50 bits per heavy atom. The molecule has 0 aliphatic heterocycles. The van der Waals surface area contributed by atoms with Crippen molar-refractivity contribution in [3.05, 3.63) is 28.7 Å². The molecule has 16 heavy (non-hydrogen) atoms. The van der Waals surface area contributed by atoms with Crippen LogP contribution in [0.2, 0.25) is 0 Å². The van der Waals surface area contributed by atoms with Crippen LogP contribution in [0.3, 0.4) is 0 Å². The van der Waals surface area contributed by atoms with Crippen molar-refractivity contribution in [3.63, 3.8) is 0 Å². The first-order valence-corrected chi connectivity index (χ1v) is 5.58. The number of hydrogen-bond donors (Lipinski definition) is 1. The summed E-state index contributed by atoms with van der Waals surface area (Å²) in [6, 6.07) is 5.82. The van der Waals surface area contributed by atoms with E-state index in [1.54, 1.807) is 22.9 Å². The molecule has 1 aliphatic rings. The Bertz CT molecular complexity index is 472. The van der Waals surface area contributed by atoms with Crippen molar-refractivity contribution >= 4 is 5.69 Å². The van der Waals surface area contributed by atoms with Crippen LogP contribution in [-0.4, -0.2) is 4.57 Å². The molecule has 1 aromatic rings. The van der Waals surface area contributed by atoms with Crippen molar-refractivity contribution in [1.29, 1.82) is 5.26 Å². The largest absolute Gasteiger partial charge is 0.394 e. The van der Waals surface area contributed by atoms with Gasteiger partial charge in [-0.3, -0.25) is 4.79 Å². The van der Waals surface area contributed by atoms with Crippen LogP contribution in [0, 0.1) is 17.2 Å². The van der Waals surface area contributed by atoms with Crippen molar-refractivity contribution in [3.8, 4) is 6.07 Å². The van der Waals surface area contributed by atoms with Gasteiger partial charge < -0.3 is 10.3 Å². The Morgan fingerprint density at radius 2 is 2.31 bits per heavy atom. The molecule has 0 amide bonds. The van der Waals surface area contributed by atoms with Gasteiger partial charge in [0.2, 0.25) is 0 Å². The van der Waals surface area contributed by atoms with E-state index in [1.807, 2.05) is 0 Å². The lowest BCUT2D eigenvalue weighted by Gasteiger charge is -2.27. The lowest BCUT2D eigenvalue weighted by Crippen LogP contribution is -2.29. The Balaban J connectivity index is 2.28. The molecule has 2 N–H and O–H groups in total. The third-order valence-corrected chi connectivity index (χ3v) is 3.23. The van der Waals surface area contributed by atoms with Crippen molar-refractivity contribution in [2.24, 2.45) is 5.92 Å². The van der Waals surface area contributed by atoms with Crippen LogP contribution in [0.5, 0.6) is 0 Å². The Morgan fingerprint density at radius 3 is 3.06 bits per heavy atom. The third kappa shape index (κ3) is 1.94. The van der Waals surface area contributed by atoms with Crippen LogP contribution in [-0.2, 0) is 0 Å². The lowest BCUT2D eigenvalue weighted by molar-refractivity contribution is 0.303. The summed E-state index contributed by atoms with van der Waals surface area (Å²) in [4.78, 5) is 11.8. The summed E-state index contributed by atoms with van der Waals surface area (Å²) in [6.07, 6.45) is 5.44. The standard InChI is InChI=1S/C12H15N3O/c13-8-9-3-1-4-10(7-9)15-6-2-5-11(14)12(15)16/h2,5-6,9-10H,1,3-4,7,14H2/t9-,10+/m1/s1. The molecule has 1 saturated carbocycles. The molecular weight excluding hydrogens is 202 g/mol. The minimum atomic E-state index is -0.133. The zero-order valence-corrected chi connectivity index (χ0v) is 9.10. The maximum absolute atomic E-state index is 11.8. The molecule has 0 bridgehead atoms. The highest BCUT2D eigenvalue weighted by Gasteiger charge is 2.23. The number of nitrogens with two attached hydrogens (primary N) is 1. The van der Waals surface area contributed by atoms with E-state index in [0.29, 0.717) is 0 Å². The summed E-state index contributed by atoms with van der Waals surface area (Å²) in [5, 5.41) is 8.92. The van der Waals surface area contributed by atoms with Crippen LogP contribution in [0.25, 0.3) is 0 Å². The van der Waals surface area contributed by atoms with E-state index in [0.717, 1.165) is 25.7 Å². The quantitative estimate of drug-likeness (QED) is 0.778. The van der Waals surface area contributed by atoms with Gasteiger partial charge in [0.15, 0.2) is 0 Å². The van der Waals surface area contributed by atoms with E-state index in [-0.39, 0.29) is 23.2 Å². The van der Waals surface area contributed by atoms with Gasteiger partial charge in [-0.15, -0.1) is 0 Å². The predicted octanol–water partition coefficient (Wildman–Crippen LogP) is 1.69. The molecule has 2 rings (SSSR count). The van der Waals surface area contributed by atoms with Gasteiger partial charge in [0.1, 0.15) is 0 Å². The Kier molecular flexibility index (Phi) is 2.95. The molecule has 1 fully saturated rings. The molecule has 1 heterocycles. The Hall–Kier alpha value is -1.76. The molecule has 4 heteroatoms. The molecular formula is C12H15N3O. The SMILES string of the molecule is N#C[C@@H]1CCC[C@H](n2cccc(N)c2=O)C1. The lowest BCUT2D eigenvalue weighted by atomic mass is 9.86. The third-order valence-electron chi connectivity index (χ3n) is 3.23. The van der Waals surface area contributed by atoms with Crippen LogP contribution in [0.15, 0.2) is 23.1 Å². The summed E-state index contributed by atoms with van der Waals surface area (Å²) < 4.78 is 1.68. The molecule has 1 aliphatic carbocycles. The maximum atomic E-state index is 11.8. The fourth-order valence-corrected chi connectivity index (χ4v) is 2.35. The summed E-state index contributed by atoms with van der Waals surface area (Å²) in [6.45, 7) is 0. The first-order chi connectivity index (χ1) is 7.72. The second-order valence-electron chi connectivity index (χ2n) is 4.32. The Labute approximate surface area is 94.3 Å². The van der Waals surface area contributed by atoms with Crippen molar-refractivity contribution in [1.82, 2.24) is 4.57 Å². The van der Waals surface area contributed by atoms with Crippen molar-refractivity contribution in [2.45, 2.75) is 31.7 Å². The van der Waals surface area contributed by atoms with E-state index >= 15 is 0 Å². The number of nitriles is 1. The minimum Gasteiger partial charge on any atom is -0.394 e. The minimum absolute atomic E-state index is 0.0760. The zero-order chi connectivity index (χ0) is 11.5. The average molecular weight is 217 g/mol. The van der Waals surface area contributed by atoms with Gasteiger partial charge in [-0.25, -0.2) is 0 Å². The van der Waals surface area contributed by atoms with Gasteiger partial charge in [-0.2, -0.15) is 5.26 Å². The molecule has 0 saturated heterocycles. The van der Waals surface area contributed by atoms with E-state index in [9.17, 15) is 4.79 Å². The number of hydrogen-bond acceptors (Lipinski definition) is 3. The monoisotopic (exact) mass is 217 g/mol. The summed E-state index contributed by atoms with van der Waals surface area (Å²) in [5.41, 5.74) is 5.74. The van der Waals surface area contributed by atoms with Gasteiger partial charge in [0, 0.05) is 18.2 Å². The number of anilines is 1. The zero-order valence-electron chi connectivity index (χ0n) is 9.10. The number of aromatic nitrogens is 1. The van der Waals surface area contributed by atoms with E-state index < -0.39 is 0 Å². The maximum Gasteiger partial charge on any atom is 0.273 e. The molecule has 0 aromatic carbocycles. The molecule has 4 nitrogen and oxygen atoms in total. The van der Waals surface area contributed by atoms with Gasteiger partial charge in [0.05, 0.1) is 11.8 Å². The summed E-state index contributed by atoms with van der Waals surface area (Å²) in [5.74, 6) is 0.0760. The summed E-state index contributed by atoms with van der Waals surface area (Å²) >= 11 is 0. The smallest absolute Gasteiger partial charge is 0.273 e. The number of rotatable bonds is 1. The van der Waals surface area contributed by atoms with E-state index in [2.05, 4.69) is 6.07 Å². The first kappa shape index (κ1) is 10.7. The molecule has 1 aromatic heterocycles. The van der Waals surface area contributed by atoms with Gasteiger partial charge in [-0.05, 0) is 31.4 Å².